The third-order valence-electron chi connectivity index (χ3n) is 5.94. The summed E-state index contributed by atoms with van der Waals surface area (Å²) in [6, 6.07) is 6.14. The van der Waals surface area contributed by atoms with Gasteiger partial charge in [-0.2, -0.15) is 0 Å². The summed E-state index contributed by atoms with van der Waals surface area (Å²) in [5, 5.41) is 0.615. The lowest BCUT2D eigenvalue weighted by molar-refractivity contribution is -0.274. The lowest BCUT2D eigenvalue weighted by Gasteiger charge is -2.42. The van der Waals surface area contributed by atoms with Gasteiger partial charge in [0.1, 0.15) is 16.6 Å². The first-order valence-electron chi connectivity index (χ1n) is 9.69. The van der Waals surface area contributed by atoms with Crippen molar-refractivity contribution in [1.29, 1.82) is 0 Å². The Labute approximate surface area is 171 Å². The number of hydrogen-bond donors (Lipinski definition) is 1. The summed E-state index contributed by atoms with van der Waals surface area (Å²) in [7, 11) is 0. The highest BCUT2D eigenvalue weighted by atomic mass is 32.2. The molecule has 0 amide bonds. The van der Waals surface area contributed by atoms with Gasteiger partial charge in [0.05, 0.1) is 12.4 Å². The van der Waals surface area contributed by atoms with Crippen molar-refractivity contribution in [3.63, 3.8) is 0 Å². The zero-order valence-corrected chi connectivity index (χ0v) is 16.7. The van der Waals surface area contributed by atoms with Gasteiger partial charge in [-0.3, -0.25) is 0 Å². The molecular formula is C20H23F3N4OS. The summed E-state index contributed by atoms with van der Waals surface area (Å²) in [5.74, 6) is 0.573. The Morgan fingerprint density at radius 1 is 1.14 bits per heavy atom. The van der Waals surface area contributed by atoms with Gasteiger partial charge in [0, 0.05) is 24.0 Å². The summed E-state index contributed by atoms with van der Waals surface area (Å²) < 4.78 is 41.1. The number of piperidine rings is 1. The van der Waals surface area contributed by atoms with Crippen LogP contribution in [0.15, 0.2) is 46.6 Å². The summed E-state index contributed by atoms with van der Waals surface area (Å²) in [4.78, 5) is 11.8. The molecule has 156 valence electrons. The minimum Gasteiger partial charge on any atom is -0.406 e. The van der Waals surface area contributed by atoms with E-state index in [2.05, 4.69) is 19.6 Å². The molecule has 0 radical (unpaired) electrons. The van der Waals surface area contributed by atoms with Crippen molar-refractivity contribution in [3.05, 3.63) is 36.7 Å². The van der Waals surface area contributed by atoms with Crippen LogP contribution in [0.1, 0.15) is 32.1 Å². The Hall–Kier alpha value is -2.00. The van der Waals surface area contributed by atoms with Crippen LogP contribution in [0, 0.1) is 5.41 Å². The molecule has 1 saturated heterocycles. The van der Waals surface area contributed by atoms with Gasteiger partial charge in [-0.15, -0.1) is 13.2 Å². The first kappa shape index (κ1) is 20.3. The van der Waals surface area contributed by atoms with E-state index in [0.29, 0.717) is 21.4 Å². The predicted molar refractivity (Wildman–Crippen MR) is 105 cm³/mol. The maximum atomic E-state index is 12.4. The van der Waals surface area contributed by atoms with E-state index in [1.165, 1.54) is 42.8 Å². The number of anilines is 1. The molecule has 1 aromatic carbocycles. The van der Waals surface area contributed by atoms with Gasteiger partial charge >= 0.3 is 6.36 Å². The van der Waals surface area contributed by atoms with Gasteiger partial charge in [-0.1, -0.05) is 24.2 Å². The van der Waals surface area contributed by atoms with Crippen LogP contribution in [-0.2, 0) is 0 Å². The van der Waals surface area contributed by atoms with Gasteiger partial charge in [-0.25, -0.2) is 9.97 Å². The van der Waals surface area contributed by atoms with Crippen molar-refractivity contribution >= 4 is 17.6 Å². The molecule has 1 spiro atoms. The summed E-state index contributed by atoms with van der Waals surface area (Å²) in [6.45, 7) is 1.84. The molecule has 0 bridgehead atoms. The molecule has 5 nitrogen and oxygen atoms in total. The van der Waals surface area contributed by atoms with Crippen LogP contribution in [0.2, 0.25) is 0 Å². The molecule has 1 aromatic heterocycles. The van der Waals surface area contributed by atoms with Crippen molar-refractivity contribution in [1.82, 2.24) is 9.97 Å². The number of nitrogens with zero attached hydrogens (tertiary/aromatic N) is 3. The second-order valence-electron chi connectivity index (χ2n) is 7.69. The second kappa shape index (κ2) is 8.02. The van der Waals surface area contributed by atoms with Crippen LogP contribution in [-0.4, -0.2) is 35.5 Å². The standard InChI is InChI=1S/C20H23F3N4OS/c21-20(22,23)28-14-3-1-4-15(11-14)29-18-13-25-17(12-26-18)27-9-7-19(8-10-27)6-2-5-16(19)24/h1,3-4,11-13,16H,2,5-10,24H2/t16-/m1/s1. The van der Waals surface area contributed by atoms with Crippen LogP contribution in [0.25, 0.3) is 0 Å². The van der Waals surface area contributed by atoms with E-state index in [1.807, 2.05) is 0 Å². The number of nitrogens with two attached hydrogens (primary N) is 1. The number of aromatic nitrogens is 2. The minimum atomic E-state index is -4.71. The van der Waals surface area contributed by atoms with Crippen LogP contribution >= 0.6 is 11.8 Å². The average Bonchev–Trinajstić information content (AvgIpc) is 3.02. The third-order valence-corrected chi connectivity index (χ3v) is 6.85. The first-order chi connectivity index (χ1) is 13.8. The molecule has 1 aliphatic carbocycles. The number of hydrogen-bond acceptors (Lipinski definition) is 6. The molecule has 1 saturated carbocycles. The fourth-order valence-electron chi connectivity index (χ4n) is 4.35. The van der Waals surface area contributed by atoms with E-state index in [4.69, 9.17) is 5.73 Å². The number of halogens is 3. The Kier molecular flexibility index (Phi) is 5.61. The topological polar surface area (TPSA) is 64.3 Å². The molecule has 4 rings (SSSR count). The van der Waals surface area contributed by atoms with E-state index in [0.717, 1.165) is 38.2 Å². The zero-order chi connectivity index (χ0) is 20.5. The monoisotopic (exact) mass is 424 g/mol. The second-order valence-corrected chi connectivity index (χ2v) is 8.78. The van der Waals surface area contributed by atoms with Gasteiger partial charge in [0.15, 0.2) is 0 Å². The molecule has 1 aliphatic heterocycles. The number of benzene rings is 1. The molecule has 0 unspecified atom stereocenters. The number of ether oxygens (including phenoxy) is 1. The van der Waals surface area contributed by atoms with Crippen molar-refractivity contribution in [2.45, 2.75) is 54.4 Å². The normalized spacial score (nSPS) is 21.5. The first-order valence-corrected chi connectivity index (χ1v) is 10.5. The van der Waals surface area contributed by atoms with Crippen LogP contribution in [0.4, 0.5) is 19.0 Å². The molecule has 2 aliphatic rings. The van der Waals surface area contributed by atoms with Gasteiger partial charge in [0.25, 0.3) is 0 Å². The van der Waals surface area contributed by atoms with Crippen molar-refractivity contribution < 1.29 is 17.9 Å². The van der Waals surface area contributed by atoms with Crippen LogP contribution in [0.5, 0.6) is 5.75 Å². The Morgan fingerprint density at radius 2 is 1.93 bits per heavy atom. The van der Waals surface area contributed by atoms with E-state index >= 15 is 0 Å². The Morgan fingerprint density at radius 3 is 2.55 bits per heavy atom. The highest BCUT2D eigenvalue weighted by Gasteiger charge is 2.43. The van der Waals surface area contributed by atoms with E-state index < -0.39 is 6.36 Å². The molecule has 29 heavy (non-hydrogen) atoms. The molecule has 2 N–H and O–H groups in total. The Balaban J connectivity index is 1.37. The van der Waals surface area contributed by atoms with E-state index in [-0.39, 0.29) is 5.75 Å². The fraction of sp³-hybridized carbons (Fsp3) is 0.500. The van der Waals surface area contributed by atoms with Crippen LogP contribution < -0.4 is 15.4 Å². The van der Waals surface area contributed by atoms with Crippen molar-refractivity contribution in [3.8, 4) is 5.75 Å². The number of rotatable bonds is 4. The van der Waals surface area contributed by atoms with Gasteiger partial charge in [0.2, 0.25) is 0 Å². The lowest BCUT2D eigenvalue weighted by Crippen LogP contribution is -2.47. The van der Waals surface area contributed by atoms with Crippen molar-refractivity contribution in [2.24, 2.45) is 11.1 Å². The summed E-state index contributed by atoms with van der Waals surface area (Å²) in [5.41, 5.74) is 6.64. The van der Waals surface area contributed by atoms with Gasteiger partial charge in [-0.05, 0) is 49.3 Å². The van der Waals surface area contributed by atoms with E-state index in [1.54, 1.807) is 18.5 Å². The molecule has 2 fully saturated rings. The number of alkyl halides is 3. The molecule has 2 aromatic rings. The summed E-state index contributed by atoms with van der Waals surface area (Å²) >= 11 is 1.24. The lowest BCUT2D eigenvalue weighted by atomic mass is 9.74. The van der Waals surface area contributed by atoms with Crippen LogP contribution in [0.3, 0.4) is 0 Å². The molecule has 1 atom stereocenters. The maximum absolute atomic E-state index is 12.4. The van der Waals surface area contributed by atoms with E-state index in [9.17, 15) is 13.2 Å². The Bertz CT molecular complexity index is 838. The largest absolute Gasteiger partial charge is 0.573 e. The summed E-state index contributed by atoms with van der Waals surface area (Å²) in [6.07, 6.45) is 4.41. The molecule has 2 heterocycles. The van der Waals surface area contributed by atoms with Crippen molar-refractivity contribution in [2.75, 3.05) is 18.0 Å². The molecular weight excluding hydrogens is 401 g/mol. The highest BCUT2D eigenvalue weighted by Crippen LogP contribution is 2.45. The van der Waals surface area contributed by atoms with Gasteiger partial charge < -0.3 is 15.4 Å². The highest BCUT2D eigenvalue weighted by molar-refractivity contribution is 7.99. The predicted octanol–water partition coefficient (Wildman–Crippen LogP) is 4.62. The third kappa shape index (κ3) is 4.78. The minimum absolute atomic E-state index is 0.251. The SMILES string of the molecule is N[C@@H]1CCCC12CCN(c1cnc(Sc3cccc(OC(F)(F)F)c3)cn1)CC2. The average molecular weight is 424 g/mol. The quantitative estimate of drug-likeness (QED) is 0.773. The smallest absolute Gasteiger partial charge is 0.406 e. The fourth-order valence-corrected chi connectivity index (χ4v) is 5.12. The maximum Gasteiger partial charge on any atom is 0.573 e. The zero-order valence-electron chi connectivity index (χ0n) is 15.9. The molecule has 9 heteroatoms.